The van der Waals surface area contributed by atoms with E-state index in [1.807, 2.05) is 6.07 Å². The van der Waals surface area contributed by atoms with Gasteiger partial charge in [-0.25, -0.2) is 0 Å². The molecule has 0 amide bonds. The van der Waals surface area contributed by atoms with Crippen LogP contribution in [0, 0.1) is 22.0 Å². The van der Waals surface area contributed by atoms with E-state index in [-0.39, 0.29) is 11.5 Å². The van der Waals surface area contributed by atoms with Gasteiger partial charge in [-0.2, -0.15) is 0 Å². The molecule has 1 heterocycles. The molecule has 0 radical (unpaired) electrons. The summed E-state index contributed by atoms with van der Waals surface area (Å²) >= 11 is 0. The molecule has 3 unspecified atom stereocenters. The number of hydrogen-bond donors (Lipinski definition) is 1. The molecule has 1 fully saturated rings. The second-order valence-corrected chi connectivity index (χ2v) is 6.38. The fourth-order valence-electron chi connectivity index (χ4n) is 3.21. The Morgan fingerprint density at radius 1 is 1.29 bits per heavy atom. The van der Waals surface area contributed by atoms with Gasteiger partial charge in [-0.3, -0.25) is 4.99 Å². The van der Waals surface area contributed by atoms with Gasteiger partial charge in [0.25, 0.3) is 5.49 Å². The molecule has 2 aromatic rings. The standard InChI is InChI=1S/C16H21N5O3/c1-11-7-6-10-14(12(11)2)17-15-16(21(23)24)18-19(20(15)22)13-8-4-3-5-9-13/h3-5,8-9,11-12,14,22H,6-7,10H2,1-2H3. The first-order valence-electron chi connectivity index (χ1n) is 8.14. The minimum Gasteiger partial charge on any atom is -0.409 e. The van der Waals surface area contributed by atoms with Crippen molar-refractivity contribution in [2.75, 3.05) is 0 Å². The maximum Gasteiger partial charge on any atom is 0.438 e. The monoisotopic (exact) mass is 331 g/mol. The van der Waals surface area contributed by atoms with Crippen LogP contribution in [0.25, 0.3) is 5.69 Å². The van der Waals surface area contributed by atoms with Crippen LogP contribution in [-0.2, 0) is 0 Å². The number of aromatic nitrogens is 3. The van der Waals surface area contributed by atoms with Gasteiger partial charge in [0.2, 0.25) is 0 Å². The molecule has 128 valence electrons. The topological polar surface area (TPSA) is 98.5 Å². The number of benzene rings is 1. The molecule has 0 spiro atoms. The maximum atomic E-state index is 11.4. The predicted octanol–water partition coefficient (Wildman–Crippen LogP) is 2.54. The summed E-state index contributed by atoms with van der Waals surface area (Å²) in [5.74, 6) is 0.369. The van der Waals surface area contributed by atoms with E-state index in [0.29, 0.717) is 22.4 Å². The number of hydrogen-bond acceptors (Lipinski definition) is 5. The minimum absolute atomic E-state index is 0.0562. The fraction of sp³-hybridized carbons (Fsp3) is 0.500. The molecule has 3 rings (SSSR count). The molecular weight excluding hydrogens is 310 g/mol. The van der Waals surface area contributed by atoms with Crippen LogP contribution in [0.4, 0.5) is 5.82 Å². The van der Waals surface area contributed by atoms with Gasteiger partial charge in [0.1, 0.15) is 5.69 Å². The molecular formula is C16H21N5O3. The first kappa shape index (κ1) is 16.2. The lowest BCUT2D eigenvalue weighted by Gasteiger charge is -2.31. The summed E-state index contributed by atoms with van der Waals surface area (Å²) < 4.78 is 0. The molecule has 1 aromatic carbocycles. The van der Waals surface area contributed by atoms with Crippen molar-refractivity contribution >= 4 is 5.82 Å². The highest BCUT2D eigenvalue weighted by molar-refractivity contribution is 5.29. The number of rotatable bonds is 3. The Bertz CT molecular complexity index is 796. The molecule has 0 aliphatic heterocycles. The van der Waals surface area contributed by atoms with Crippen LogP contribution in [0.1, 0.15) is 33.1 Å². The van der Waals surface area contributed by atoms with Gasteiger partial charge in [0, 0.05) is 0 Å². The summed E-state index contributed by atoms with van der Waals surface area (Å²) in [6, 6.07) is 8.71. The SMILES string of the molecule is CC1CCCC(N=c2c([N+](=O)[O-])nn(-c3ccccc3)n2O)C1C. The van der Waals surface area contributed by atoms with Crippen LogP contribution in [0.5, 0.6) is 0 Å². The highest BCUT2D eigenvalue weighted by Gasteiger charge is 2.30. The van der Waals surface area contributed by atoms with Gasteiger partial charge in [0.05, 0.1) is 11.1 Å². The lowest BCUT2D eigenvalue weighted by atomic mass is 9.78. The summed E-state index contributed by atoms with van der Waals surface area (Å²) in [6.45, 7) is 4.27. The van der Waals surface area contributed by atoms with Gasteiger partial charge < -0.3 is 15.3 Å². The van der Waals surface area contributed by atoms with Crippen molar-refractivity contribution < 1.29 is 10.1 Å². The molecule has 1 aliphatic rings. The Hall–Kier alpha value is -2.64. The zero-order valence-electron chi connectivity index (χ0n) is 13.7. The molecule has 8 heteroatoms. The van der Waals surface area contributed by atoms with E-state index in [0.717, 1.165) is 24.1 Å². The Balaban J connectivity index is 2.11. The Morgan fingerprint density at radius 2 is 2.00 bits per heavy atom. The van der Waals surface area contributed by atoms with Gasteiger partial charge in [-0.1, -0.05) is 49.7 Å². The van der Waals surface area contributed by atoms with E-state index in [9.17, 15) is 15.3 Å². The lowest BCUT2D eigenvalue weighted by Crippen LogP contribution is -2.32. The zero-order valence-corrected chi connectivity index (χ0v) is 13.7. The highest BCUT2D eigenvalue weighted by atomic mass is 16.6. The van der Waals surface area contributed by atoms with Crippen molar-refractivity contribution in [2.24, 2.45) is 16.8 Å². The van der Waals surface area contributed by atoms with E-state index >= 15 is 0 Å². The van der Waals surface area contributed by atoms with Crippen LogP contribution in [0.15, 0.2) is 35.3 Å². The van der Waals surface area contributed by atoms with E-state index < -0.39 is 10.7 Å². The molecule has 1 saturated carbocycles. The van der Waals surface area contributed by atoms with Crippen LogP contribution in [-0.4, -0.2) is 30.9 Å². The average Bonchev–Trinajstić information content (AvgIpc) is 2.90. The van der Waals surface area contributed by atoms with Crippen molar-refractivity contribution in [3.05, 3.63) is 45.9 Å². The molecule has 3 atom stereocenters. The van der Waals surface area contributed by atoms with E-state index in [2.05, 4.69) is 23.9 Å². The van der Waals surface area contributed by atoms with Gasteiger partial charge in [-0.15, -0.1) is 0 Å². The van der Waals surface area contributed by atoms with Crippen LogP contribution < -0.4 is 5.49 Å². The largest absolute Gasteiger partial charge is 0.438 e. The van der Waals surface area contributed by atoms with E-state index in [4.69, 9.17) is 0 Å². The zero-order chi connectivity index (χ0) is 17.3. The van der Waals surface area contributed by atoms with Gasteiger partial charge >= 0.3 is 5.82 Å². The quantitative estimate of drug-likeness (QED) is 0.531. The second-order valence-electron chi connectivity index (χ2n) is 6.38. The third kappa shape index (κ3) is 2.91. The number of para-hydroxylation sites is 1. The number of nitro groups is 1. The van der Waals surface area contributed by atoms with Crippen molar-refractivity contribution in [3.63, 3.8) is 0 Å². The van der Waals surface area contributed by atoms with Gasteiger partial charge in [0.15, 0.2) is 0 Å². The van der Waals surface area contributed by atoms with Crippen molar-refractivity contribution in [3.8, 4) is 5.69 Å². The summed E-state index contributed by atoms with van der Waals surface area (Å²) in [4.78, 5) is 17.0. The first-order chi connectivity index (χ1) is 11.5. The molecule has 8 nitrogen and oxygen atoms in total. The Morgan fingerprint density at radius 3 is 2.67 bits per heavy atom. The lowest BCUT2D eigenvalue weighted by molar-refractivity contribution is -0.391. The fourth-order valence-corrected chi connectivity index (χ4v) is 3.21. The van der Waals surface area contributed by atoms with Crippen LogP contribution in [0.2, 0.25) is 0 Å². The third-order valence-corrected chi connectivity index (χ3v) is 4.87. The number of nitrogens with zero attached hydrogens (tertiary/aromatic N) is 5. The second kappa shape index (κ2) is 6.46. The van der Waals surface area contributed by atoms with Crippen molar-refractivity contribution in [2.45, 2.75) is 39.2 Å². The molecule has 1 N–H and O–H groups in total. The summed E-state index contributed by atoms with van der Waals surface area (Å²) in [6.07, 6.45) is 3.03. The Labute approximate surface area is 139 Å². The smallest absolute Gasteiger partial charge is 0.409 e. The third-order valence-electron chi connectivity index (χ3n) is 4.87. The molecule has 24 heavy (non-hydrogen) atoms. The maximum absolute atomic E-state index is 11.4. The molecule has 0 saturated heterocycles. The molecule has 0 bridgehead atoms. The normalized spacial score (nSPS) is 24.9. The van der Waals surface area contributed by atoms with Crippen LogP contribution >= 0.6 is 0 Å². The average molecular weight is 331 g/mol. The summed E-state index contributed by atoms with van der Waals surface area (Å²) in [7, 11) is 0. The minimum atomic E-state index is -0.609. The molecule has 1 aromatic heterocycles. The van der Waals surface area contributed by atoms with Crippen molar-refractivity contribution in [1.29, 1.82) is 0 Å². The van der Waals surface area contributed by atoms with Gasteiger partial charge in [-0.05, 0) is 40.1 Å². The van der Waals surface area contributed by atoms with Crippen LogP contribution in [0.3, 0.4) is 0 Å². The summed E-state index contributed by atoms with van der Waals surface area (Å²) in [5, 5.41) is 25.7. The van der Waals surface area contributed by atoms with E-state index in [1.54, 1.807) is 24.3 Å². The Kier molecular flexibility index (Phi) is 4.37. The van der Waals surface area contributed by atoms with E-state index in [1.165, 1.54) is 0 Å². The summed E-state index contributed by atoms with van der Waals surface area (Å²) in [5.41, 5.74) is 0.421. The predicted molar refractivity (Wildman–Crippen MR) is 86.9 cm³/mol. The van der Waals surface area contributed by atoms with Crippen molar-refractivity contribution in [1.82, 2.24) is 14.7 Å². The highest BCUT2D eigenvalue weighted by Crippen LogP contribution is 2.31. The molecule has 1 aliphatic carbocycles. The first-order valence-corrected chi connectivity index (χ1v) is 8.14.